The average Bonchev–Trinajstić information content (AvgIpc) is 2.54. The molecule has 0 aliphatic rings. The van der Waals surface area contributed by atoms with Crippen LogP contribution in [0.5, 0.6) is 0 Å². The predicted octanol–water partition coefficient (Wildman–Crippen LogP) is 3.52. The van der Waals surface area contributed by atoms with Gasteiger partial charge in [0.2, 0.25) is 0 Å². The average molecular weight is 257 g/mol. The van der Waals surface area contributed by atoms with Crippen LogP contribution in [0.2, 0.25) is 0 Å². The smallest absolute Gasteiger partial charge is 0.233 e. The second-order valence-corrected chi connectivity index (χ2v) is 6.43. The highest BCUT2D eigenvalue weighted by atomic mass is 15.2. The first-order valence-electron chi connectivity index (χ1n) is 6.89. The summed E-state index contributed by atoms with van der Waals surface area (Å²) in [5, 5.41) is 0. The molecule has 1 heterocycles. The fourth-order valence-electron chi connectivity index (χ4n) is 2.82. The number of imidazole rings is 1. The van der Waals surface area contributed by atoms with E-state index in [0.717, 1.165) is 0 Å². The molecule has 1 aromatic heterocycles. The molecule has 2 aromatic rings. The van der Waals surface area contributed by atoms with Crippen LogP contribution in [0.4, 0.5) is 0 Å². The highest BCUT2D eigenvalue weighted by Crippen LogP contribution is 2.27. The third kappa shape index (κ3) is 2.20. The number of aromatic nitrogens is 2. The Morgan fingerprint density at radius 1 is 1.00 bits per heavy atom. The van der Waals surface area contributed by atoms with Gasteiger partial charge in [-0.25, -0.2) is 4.57 Å². The van der Waals surface area contributed by atoms with Crippen molar-refractivity contribution in [1.82, 2.24) is 4.57 Å². The summed E-state index contributed by atoms with van der Waals surface area (Å²) >= 11 is 0. The van der Waals surface area contributed by atoms with Gasteiger partial charge in [-0.3, -0.25) is 0 Å². The Hall–Kier alpha value is -1.57. The minimum Gasteiger partial charge on any atom is -0.233 e. The van der Waals surface area contributed by atoms with Crippen LogP contribution < -0.4 is 4.57 Å². The molecule has 2 rings (SSSR count). The number of benzene rings is 1. The van der Waals surface area contributed by atoms with Crippen molar-refractivity contribution in [2.75, 3.05) is 0 Å². The van der Waals surface area contributed by atoms with Crippen LogP contribution in [0.25, 0.3) is 5.69 Å². The number of hydrogen-bond acceptors (Lipinski definition) is 0. The zero-order valence-electron chi connectivity index (χ0n) is 13.2. The van der Waals surface area contributed by atoms with Crippen molar-refractivity contribution in [2.24, 2.45) is 7.05 Å². The summed E-state index contributed by atoms with van der Waals surface area (Å²) < 4.78 is 4.73. The molecular formula is C17H25N2+. The lowest BCUT2D eigenvalue weighted by Crippen LogP contribution is -2.41. The molecule has 0 saturated carbocycles. The molecule has 0 aliphatic carbocycles. The third-order valence-electron chi connectivity index (χ3n) is 3.92. The predicted molar refractivity (Wildman–Crippen MR) is 79.9 cm³/mol. The minimum atomic E-state index is 0.107. The van der Waals surface area contributed by atoms with E-state index in [1.807, 2.05) is 0 Å². The van der Waals surface area contributed by atoms with Crippen LogP contribution >= 0.6 is 0 Å². The number of para-hydroxylation sites is 1. The van der Waals surface area contributed by atoms with Crippen LogP contribution in [0.15, 0.2) is 24.3 Å². The van der Waals surface area contributed by atoms with E-state index in [9.17, 15) is 0 Å². The Labute approximate surface area is 116 Å². The number of nitrogens with zero attached hydrogens (tertiary/aromatic N) is 2. The van der Waals surface area contributed by atoms with Crippen molar-refractivity contribution >= 4 is 0 Å². The molecule has 0 saturated heterocycles. The van der Waals surface area contributed by atoms with E-state index < -0.39 is 0 Å². The van der Waals surface area contributed by atoms with Crippen LogP contribution in [-0.2, 0) is 12.5 Å². The molecule has 0 spiro atoms. The van der Waals surface area contributed by atoms with Gasteiger partial charge in [0.1, 0.15) is 17.1 Å². The summed E-state index contributed by atoms with van der Waals surface area (Å²) in [5.41, 5.74) is 5.35. The third-order valence-corrected chi connectivity index (χ3v) is 3.92. The lowest BCUT2D eigenvalue weighted by atomic mass is 9.95. The van der Waals surface area contributed by atoms with Gasteiger partial charge in [-0.1, -0.05) is 18.2 Å². The van der Waals surface area contributed by atoms with Crippen molar-refractivity contribution in [3.8, 4) is 5.69 Å². The van der Waals surface area contributed by atoms with E-state index in [4.69, 9.17) is 0 Å². The Morgan fingerprint density at radius 3 is 2.11 bits per heavy atom. The normalized spacial score (nSPS) is 11.9. The maximum atomic E-state index is 2.41. The first-order chi connectivity index (χ1) is 8.75. The van der Waals surface area contributed by atoms with Crippen molar-refractivity contribution < 1.29 is 4.57 Å². The molecule has 0 radical (unpaired) electrons. The largest absolute Gasteiger partial charge is 0.267 e. The number of hydrogen-bond donors (Lipinski definition) is 0. The fraction of sp³-hybridized carbons (Fsp3) is 0.471. The molecule has 102 valence electrons. The second kappa shape index (κ2) is 4.52. The quantitative estimate of drug-likeness (QED) is 0.691. The number of rotatable bonds is 1. The van der Waals surface area contributed by atoms with Gasteiger partial charge in [0.15, 0.2) is 0 Å². The summed E-state index contributed by atoms with van der Waals surface area (Å²) in [4.78, 5) is 0. The van der Waals surface area contributed by atoms with Gasteiger partial charge < -0.3 is 0 Å². The first kappa shape index (κ1) is 13.9. The minimum absolute atomic E-state index is 0.107. The molecule has 2 nitrogen and oxygen atoms in total. The summed E-state index contributed by atoms with van der Waals surface area (Å²) in [6.45, 7) is 13.4. The van der Waals surface area contributed by atoms with E-state index in [0.29, 0.717) is 0 Å². The standard InChI is InChI=1S/C17H25N2/c1-12-10-8-9-11-15(12)19-14(3)13(2)18(7)16(19)17(4,5)6/h8-11H,1-7H3/q+1. The molecule has 0 aliphatic heterocycles. The zero-order valence-corrected chi connectivity index (χ0v) is 13.2. The van der Waals surface area contributed by atoms with E-state index in [-0.39, 0.29) is 5.41 Å². The van der Waals surface area contributed by atoms with Crippen molar-refractivity contribution in [2.45, 2.75) is 47.0 Å². The lowest BCUT2D eigenvalue weighted by molar-refractivity contribution is -0.687. The van der Waals surface area contributed by atoms with Gasteiger partial charge in [-0.2, -0.15) is 4.57 Å². The van der Waals surface area contributed by atoms with Gasteiger partial charge in [0, 0.05) is 13.8 Å². The Morgan fingerprint density at radius 2 is 1.58 bits per heavy atom. The molecular weight excluding hydrogens is 232 g/mol. The first-order valence-corrected chi connectivity index (χ1v) is 6.89. The summed E-state index contributed by atoms with van der Waals surface area (Å²) in [7, 11) is 2.16. The molecule has 0 amide bonds. The van der Waals surface area contributed by atoms with Gasteiger partial charge in [-0.05, 0) is 39.3 Å². The molecule has 0 bridgehead atoms. The summed E-state index contributed by atoms with van der Waals surface area (Å²) in [6, 6.07) is 8.60. The van der Waals surface area contributed by atoms with E-state index >= 15 is 0 Å². The summed E-state index contributed by atoms with van der Waals surface area (Å²) in [5.74, 6) is 1.34. The fourth-order valence-corrected chi connectivity index (χ4v) is 2.82. The van der Waals surface area contributed by atoms with Gasteiger partial charge in [0.25, 0.3) is 5.82 Å². The van der Waals surface area contributed by atoms with Crippen molar-refractivity contribution in [3.05, 3.63) is 47.0 Å². The molecule has 2 heteroatoms. The SMILES string of the molecule is Cc1ccccc1-n1c(C)c(C)[n+](C)c1C(C)(C)C. The van der Waals surface area contributed by atoms with E-state index in [1.165, 1.54) is 28.5 Å². The highest BCUT2D eigenvalue weighted by molar-refractivity contribution is 5.43. The van der Waals surface area contributed by atoms with Gasteiger partial charge in [0.05, 0.1) is 12.5 Å². The van der Waals surface area contributed by atoms with Gasteiger partial charge >= 0.3 is 0 Å². The Bertz CT molecular complexity index is 613. The van der Waals surface area contributed by atoms with Crippen molar-refractivity contribution in [3.63, 3.8) is 0 Å². The monoisotopic (exact) mass is 257 g/mol. The molecule has 0 atom stereocenters. The van der Waals surface area contributed by atoms with Crippen LogP contribution in [0.3, 0.4) is 0 Å². The van der Waals surface area contributed by atoms with Crippen molar-refractivity contribution in [1.29, 1.82) is 0 Å². The van der Waals surface area contributed by atoms with Gasteiger partial charge in [-0.15, -0.1) is 0 Å². The molecule has 0 fully saturated rings. The Balaban J connectivity index is 2.85. The molecule has 19 heavy (non-hydrogen) atoms. The lowest BCUT2D eigenvalue weighted by Gasteiger charge is -2.17. The number of aryl methyl sites for hydroxylation is 1. The molecule has 0 N–H and O–H groups in total. The molecule has 1 aromatic carbocycles. The second-order valence-electron chi connectivity index (χ2n) is 6.43. The van der Waals surface area contributed by atoms with Crippen LogP contribution in [0.1, 0.15) is 43.5 Å². The maximum Gasteiger partial charge on any atom is 0.267 e. The zero-order chi connectivity index (χ0) is 14.4. The Kier molecular flexibility index (Phi) is 3.29. The maximum absolute atomic E-state index is 2.41. The summed E-state index contributed by atoms with van der Waals surface area (Å²) in [6.07, 6.45) is 0. The molecule has 0 unspecified atom stereocenters. The van der Waals surface area contributed by atoms with E-state index in [2.05, 4.69) is 82.0 Å². The van der Waals surface area contributed by atoms with E-state index in [1.54, 1.807) is 0 Å². The van der Waals surface area contributed by atoms with Crippen LogP contribution in [0, 0.1) is 20.8 Å². The van der Waals surface area contributed by atoms with Crippen LogP contribution in [-0.4, -0.2) is 4.57 Å². The highest BCUT2D eigenvalue weighted by Gasteiger charge is 2.34. The topological polar surface area (TPSA) is 8.81 Å².